The van der Waals surface area contributed by atoms with Gasteiger partial charge in [0.2, 0.25) is 0 Å². The lowest BCUT2D eigenvalue weighted by Gasteiger charge is -2.06. The Kier molecular flexibility index (Phi) is 8.18. The van der Waals surface area contributed by atoms with Crippen LogP contribution in [0.2, 0.25) is 0 Å². The fourth-order valence-corrected chi connectivity index (χ4v) is 2.15. The highest BCUT2D eigenvalue weighted by atomic mass is 16.5. The minimum Gasteiger partial charge on any atom is -0.494 e. The summed E-state index contributed by atoms with van der Waals surface area (Å²) in [7, 11) is 0. The molecule has 152 valence electrons. The van der Waals surface area contributed by atoms with Gasteiger partial charge in [-0.1, -0.05) is 0 Å². The average Bonchev–Trinajstić information content (AvgIpc) is 2.72. The van der Waals surface area contributed by atoms with Gasteiger partial charge in [-0.15, -0.1) is 0 Å². The van der Waals surface area contributed by atoms with Crippen molar-refractivity contribution in [3.05, 3.63) is 59.7 Å². The maximum Gasteiger partial charge on any atom is 0.341 e. The van der Waals surface area contributed by atoms with Crippen LogP contribution in [0.15, 0.2) is 53.6 Å². The van der Waals surface area contributed by atoms with Crippen molar-refractivity contribution < 1.29 is 29.0 Å². The van der Waals surface area contributed by atoms with Gasteiger partial charge in [0.1, 0.15) is 11.5 Å². The number of carbonyl (C=O) groups excluding carboxylic acids is 2. The zero-order valence-corrected chi connectivity index (χ0v) is 15.8. The molecule has 29 heavy (non-hydrogen) atoms. The highest BCUT2D eigenvalue weighted by molar-refractivity contribution is 5.96. The molecule has 2 aromatic carbocycles. The van der Waals surface area contributed by atoms with Gasteiger partial charge < -0.3 is 19.9 Å². The molecule has 0 spiro atoms. The SMILES string of the molecule is CCOc1ccc(C(=O)NCC(=O)N/N=C\c2ccc(OCC(=O)O)cc2)cc1. The van der Waals surface area contributed by atoms with Crippen molar-refractivity contribution in [3.8, 4) is 11.5 Å². The first-order chi connectivity index (χ1) is 14.0. The molecule has 2 aromatic rings. The normalized spacial score (nSPS) is 10.4. The van der Waals surface area contributed by atoms with Gasteiger partial charge in [0, 0.05) is 5.56 Å². The van der Waals surface area contributed by atoms with E-state index in [2.05, 4.69) is 15.8 Å². The Morgan fingerprint density at radius 3 is 2.24 bits per heavy atom. The van der Waals surface area contributed by atoms with E-state index < -0.39 is 18.5 Å². The van der Waals surface area contributed by atoms with E-state index in [9.17, 15) is 14.4 Å². The lowest BCUT2D eigenvalue weighted by atomic mass is 10.2. The van der Waals surface area contributed by atoms with E-state index >= 15 is 0 Å². The molecule has 0 radical (unpaired) electrons. The van der Waals surface area contributed by atoms with Crippen LogP contribution in [-0.4, -0.2) is 48.9 Å². The Hall–Kier alpha value is -3.88. The number of amides is 2. The van der Waals surface area contributed by atoms with Gasteiger partial charge in [0.05, 0.1) is 19.4 Å². The van der Waals surface area contributed by atoms with Crippen LogP contribution in [0.5, 0.6) is 11.5 Å². The maximum absolute atomic E-state index is 12.0. The molecule has 0 bridgehead atoms. The number of aliphatic carboxylic acids is 1. The van der Waals surface area contributed by atoms with Crippen LogP contribution in [0, 0.1) is 0 Å². The van der Waals surface area contributed by atoms with Gasteiger partial charge in [0.15, 0.2) is 6.61 Å². The van der Waals surface area contributed by atoms with E-state index in [1.165, 1.54) is 6.21 Å². The molecule has 0 fully saturated rings. The lowest BCUT2D eigenvalue weighted by Crippen LogP contribution is -2.34. The Bertz CT molecular complexity index is 863. The van der Waals surface area contributed by atoms with E-state index in [4.69, 9.17) is 14.6 Å². The minimum atomic E-state index is -1.06. The largest absolute Gasteiger partial charge is 0.494 e. The third-order valence-corrected chi connectivity index (χ3v) is 3.48. The summed E-state index contributed by atoms with van der Waals surface area (Å²) in [4.78, 5) is 34.2. The number of ether oxygens (including phenoxy) is 2. The van der Waals surface area contributed by atoms with E-state index in [1.807, 2.05) is 6.92 Å². The van der Waals surface area contributed by atoms with Gasteiger partial charge in [-0.25, -0.2) is 10.2 Å². The summed E-state index contributed by atoms with van der Waals surface area (Å²) in [6.07, 6.45) is 1.41. The molecule has 0 heterocycles. The van der Waals surface area contributed by atoms with E-state index in [1.54, 1.807) is 48.5 Å². The lowest BCUT2D eigenvalue weighted by molar-refractivity contribution is -0.139. The number of rotatable bonds is 10. The summed E-state index contributed by atoms with van der Waals surface area (Å²) in [5.41, 5.74) is 3.39. The van der Waals surface area contributed by atoms with Gasteiger partial charge >= 0.3 is 5.97 Å². The molecule has 0 aliphatic heterocycles. The van der Waals surface area contributed by atoms with Crippen LogP contribution in [0.1, 0.15) is 22.8 Å². The summed E-state index contributed by atoms with van der Waals surface area (Å²) in [5.74, 6) is -0.859. The minimum absolute atomic E-state index is 0.231. The molecule has 0 saturated heterocycles. The molecule has 0 aliphatic rings. The summed E-state index contributed by atoms with van der Waals surface area (Å²) in [6, 6.07) is 13.1. The molecule has 3 N–H and O–H groups in total. The van der Waals surface area contributed by atoms with Crippen molar-refractivity contribution in [2.45, 2.75) is 6.92 Å². The van der Waals surface area contributed by atoms with Crippen molar-refractivity contribution in [1.29, 1.82) is 0 Å². The summed E-state index contributed by atoms with van der Waals surface area (Å²) >= 11 is 0. The van der Waals surface area contributed by atoms with Gasteiger partial charge in [0.25, 0.3) is 11.8 Å². The predicted molar refractivity (Wildman–Crippen MR) is 105 cm³/mol. The summed E-state index contributed by atoms with van der Waals surface area (Å²) in [6.45, 7) is 1.75. The predicted octanol–water partition coefficient (Wildman–Crippen LogP) is 1.43. The highest BCUT2D eigenvalue weighted by Crippen LogP contribution is 2.12. The fraction of sp³-hybridized carbons (Fsp3) is 0.200. The van der Waals surface area contributed by atoms with Crippen molar-refractivity contribution in [2.24, 2.45) is 5.10 Å². The molecule has 0 saturated carbocycles. The summed E-state index contributed by atoms with van der Waals surface area (Å²) in [5, 5.41) is 14.9. The molecule has 2 amide bonds. The number of carboxylic acid groups (broad SMARTS) is 1. The number of nitrogens with zero attached hydrogens (tertiary/aromatic N) is 1. The zero-order chi connectivity index (χ0) is 21.1. The standard InChI is InChI=1S/C20H21N3O6/c1-2-28-16-9-5-15(6-10-16)20(27)21-12-18(24)23-22-11-14-3-7-17(8-4-14)29-13-19(25)26/h3-11H,2,12-13H2,1H3,(H,21,27)(H,23,24)(H,25,26)/b22-11-. The highest BCUT2D eigenvalue weighted by Gasteiger charge is 2.07. The first-order valence-electron chi connectivity index (χ1n) is 8.75. The number of benzene rings is 2. The van der Waals surface area contributed by atoms with Gasteiger partial charge in [-0.2, -0.15) is 5.10 Å². The number of hydrogen-bond acceptors (Lipinski definition) is 6. The molecular weight excluding hydrogens is 378 g/mol. The first kappa shape index (κ1) is 21.4. The number of nitrogens with one attached hydrogen (secondary N) is 2. The fourth-order valence-electron chi connectivity index (χ4n) is 2.15. The van der Waals surface area contributed by atoms with Crippen LogP contribution < -0.4 is 20.2 Å². The summed E-state index contributed by atoms with van der Waals surface area (Å²) < 4.78 is 10.3. The Balaban J connectivity index is 1.74. The Labute approximate surface area is 167 Å². The maximum atomic E-state index is 12.0. The van der Waals surface area contributed by atoms with E-state index in [0.717, 1.165) is 0 Å². The van der Waals surface area contributed by atoms with Crippen LogP contribution in [0.25, 0.3) is 0 Å². The molecule has 0 aromatic heterocycles. The van der Waals surface area contributed by atoms with Crippen molar-refractivity contribution in [2.75, 3.05) is 19.8 Å². The average molecular weight is 399 g/mol. The van der Waals surface area contributed by atoms with Crippen LogP contribution in [0.3, 0.4) is 0 Å². The van der Waals surface area contributed by atoms with Crippen LogP contribution in [-0.2, 0) is 9.59 Å². The van der Waals surface area contributed by atoms with Gasteiger partial charge in [-0.3, -0.25) is 9.59 Å². The quantitative estimate of drug-likeness (QED) is 0.410. The molecule has 0 aliphatic carbocycles. The Morgan fingerprint density at radius 1 is 1.00 bits per heavy atom. The molecule has 9 heteroatoms. The third-order valence-electron chi connectivity index (χ3n) is 3.48. The van der Waals surface area contributed by atoms with Crippen molar-refractivity contribution >= 4 is 24.0 Å². The van der Waals surface area contributed by atoms with Crippen LogP contribution in [0.4, 0.5) is 0 Å². The third kappa shape index (κ3) is 7.71. The molecule has 2 rings (SSSR count). The second kappa shape index (κ2) is 11.1. The number of carbonyl (C=O) groups is 3. The topological polar surface area (TPSA) is 126 Å². The molecule has 0 atom stereocenters. The number of carboxylic acids is 1. The second-order valence-corrected chi connectivity index (χ2v) is 5.68. The van der Waals surface area contributed by atoms with E-state index in [-0.39, 0.29) is 12.5 Å². The molecule has 9 nitrogen and oxygen atoms in total. The van der Waals surface area contributed by atoms with Crippen molar-refractivity contribution in [3.63, 3.8) is 0 Å². The monoisotopic (exact) mass is 399 g/mol. The number of hydrazone groups is 1. The Morgan fingerprint density at radius 2 is 1.62 bits per heavy atom. The van der Waals surface area contributed by atoms with E-state index in [0.29, 0.717) is 29.2 Å². The van der Waals surface area contributed by atoms with Crippen LogP contribution >= 0.6 is 0 Å². The second-order valence-electron chi connectivity index (χ2n) is 5.68. The van der Waals surface area contributed by atoms with Gasteiger partial charge in [-0.05, 0) is 61.0 Å². The van der Waals surface area contributed by atoms with Crippen molar-refractivity contribution in [1.82, 2.24) is 10.7 Å². The first-order valence-corrected chi connectivity index (χ1v) is 8.75. The smallest absolute Gasteiger partial charge is 0.341 e. The number of hydrogen-bond donors (Lipinski definition) is 3. The molecule has 0 unspecified atom stereocenters. The molecular formula is C20H21N3O6. The zero-order valence-electron chi connectivity index (χ0n) is 15.8.